The van der Waals surface area contributed by atoms with Crippen LogP contribution in [0.4, 0.5) is 11.4 Å². The van der Waals surface area contributed by atoms with E-state index >= 15 is 0 Å². The van der Waals surface area contributed by atoms with Crippen LogP contribution in [-0.4, -0.2) is 29.1 Å². The van der Waals surface area contributed by atoms with E-state index in [0.717, 1.165) is 13.0 Å². The summed E-state index contributed by atoms with van der Waals surface area (Å²) in [6.07, 6.45) is 1.19. The van der Waals surface area contributed by atoms with E-state index in [1.54, 1.807) is 30.0 Å². The summed E-state index contributed by atoms with van der Waals surface area (Å²) in [5.41, 5.74) is 6.90. The summed E-state index contributed by atoms with van der Waals surface area (Å²) in [4.78, 5) is 12.2. The van der Waals surface area contributed by atoms with Gasteiger partial charge in [-0.1, -0.05) is 11.6 Å². The third kappa shape index (κ3) is 3.81. The minimum absolute atomic E-state index is 0.0666. The van der Waals surface area contributed by atoms with Crippen molar-refractivity contribution in [3.05, 3.63) is 23.2 Å². The van der Waals surface area contributed by atoms with Gasteiger partial charge >= 0.3 is 0 Å². The molecule has 1 aliphatic heterocycles. The average Bonchev–Trinajstić information content (AvgIpc) is 2.79. The number of hydrogen-bond donors (Lipinski definition) is 2. The third-order valence-electron chi connectivity index (χ3n) is 3.33. The number of halogens is 1. The zero-order chi connectivity index (χ0) is 14.7. The van der Waals surface area contributed by atoms with Gasteiger partial charge in [-0.15, -0.1) is 11.8 Å². The van der Waals surface area contributed by atoms with Gasteiger partial charge in [-0.2, -0.15) is 0 Å². The molecule has 0 aliphatic carbocycles. The van der Waals surface area contributed by atoms with Crippen LogP contribution in [0.15, 0.2) is 18.2 Å². The molecule has 1 aromatic carbocycles. The predicted molar refractivity (Wildman–Crippen MR) is 85.4 cm³/mol. The molecule has 0 aromatic heterocycles. The molecular weight excluding hydrogens is 296 g/mol. The van der Waals surface area contributed by atoms with Gasteiger partial charge in [0.1, 0.15) is 0 Å². The van der Waals surface area contributed by atoms with E-state index in [0.29, 0.717) is 21.6 Å². The number of nitrogen functional groups attached to an aromatic ring is 1. The number of thioether (sulfide) groups is 1. The van der Waals surface area contributed by atoms with E-state index < -0.39 is 0 Å². The molecule has 0 saturated carbocycles. The summed E-state index contributed by atoms with van der Waals surface area (Å²) in [5, 5.41) is 3.58. The van der Waals surface area contributed by atoms with Crippen LogP contribution in [0.25, 0.3) is 0 Å². The lowest BCUT2D eigenvalue weighted by atomic mass is 10.2. The normalized spacial score (nSPS) is 23.6. The highest BCUT2D eigenvalue weighted by Crippen LogP contribution is 2.30. The Kier molecular flexibility index (Phi) is 5.18. The van der Waals surface area contributed by atoms with E-state index in [-0.39, 0.29) is 17.3 Å². The SMILES string of the molecule is CC(SC1CCOC1C)C(=O)Nc1cc(Cl)ccc1N. The van der Waals surface area contributed by atoms with E-state index in [2.05, 4.69) is 5.32 Å². The highest BCUT2D eigenvalue weighted by Gasteiger charge is 2.28. The van der Waals surface area contributed by atoms with Crippen LogP contribution in [0.5, 0.6) is 0 Å². The molecule has 1 saturated heterocycles. The number of nitrogens with two attached hydrogens (primary N) is 1. The van der Waals surface area contributed by atoms with Gasteiger partial charge in [0.15, 0.2) is 0 Å². The molecule has 1 amide bonds. The summed E-state index contributed by atoms with van der Waals surface area (Å²) < 4.78 is 5.51. The molecule has 1 aromatic rings. The van der Waals surface area contributed by atoms with Crippen molar-refractivity contribution in [3.8, 4) is 0 Å². The van der Waals surface area contributed by atoms with Crippen molar-refractivity contribution < 1.29 is 9.53 Å². The van der Waals surface area contributed by atoms with Crippen molar-refractivity contribution in [3.63, 3.8) is 0 Å². The number of carbonyl (C=O) groups excluding carboxylic acids is 1. The van der Waals surface area contributed by atoms with Crippen molar-refractivity contribution in [2.45, 2.75) is 36.9 Å². The number of rotatable bonds is 4. The number of anilines is 2. The maximum Gasteiger partial charge on any atom is 0.237 e. The first-order valence-corrected chi connectivity index (χ1v) is 7.92. The third-order valence-corrected chi connectivity index (χ3v) is 5.15. The molecule has 1 heterocycles. The lowest BCUT2D eigenvalue weighted by molar-refractivity contribution is -0.115. The Morgan fingerprint density at radius 2 is 2.35 bits per heavy atom. The molecule has 3 atom stereocenters. The van der Waals surface area contributed by atoms with E-state index in [9.17, 15) is 4.79 Å². The predicted octanol–water partition coefficient (Wildman–Crippen LogP) is 3.16. The Morgan fingerprint density at radius 3 is 3.00 bits per heavy atom. The topological polar surface area (TPSA) is 64.3 Å². The molecule has 3 N–H and O–H groups in total. The molecule has 2 rings (SSSR count). The first-order chi connectivity index (χ1) is 9.47. The summed E-state index contributed by atoms with van der Waals surface area (Å²) in [5.74, 6) is -0.0666. The standard InChI is InChI=1S/C14H19ClN2O2S/c1-8-13(5-6-19-8)20-9(2)14(18)17-12-7-10(15)3-4-11(12)16/h3-4,7-9,13H,5-6,16H2,1-2H3,(H,17,18). The second-order valence-corrected chi connectivity index (χ2v) is 6.92. The van der Waals surface area contributed by atoms with Crippen LogP contribution in [0.1, 0.15) is 20.3 Å². The molecule has 4 nitrogen and oxygen atoms in total. The molecule has 110 valence electrons. The molecule has 0 bridgehead atoms. The van der Waals surface area contributed by atoms with Crippen LogP contribution in [0.3, 0.4) is 0 Å². The van der Waals surface area contributed by atoms with E-state index in [4.69, 9.17) is 22.1 Å². The van der Waals surface area contributed by atoms with Gasteiger partial charge in [0.25, 0.3) is 0 Å². The second-order valence-electron chi connectivity index (χ2n) is 4.90. The summed E-state index contributed by atoms with van der Waals surface area (Å²) in [6.45, 7) is 4.71. The quantitative estimate of drug-likeness (QED) is 0.838. The largest absolute Gasteiger partial charge is 0.397 e. The number of ether oxygens (including phenoxy) is 1. The summed E-state index contributed by atoms with van der Waals surface area (Å²) >= 11 is 7.55. The van der Waals surface area contributed by atoms with Crippen LogP contribution in [-0.2, 0) is 9.53 Å². The molecule has 0 spiro atoms. The molecule has 3 unspecified atom stereocenters. The highest BCUT2D eigenvalue weighted by molar-refractivity contribution is 8.01. The van der Waals surface area contributed by atoms with Gasteiger partial charge in [-0.3, -0.25) is 4.79 Å². The Hall–Kier alpha value is -0.910. The Balaban J connectivity index is 1.95. The molecule has 20 heavy (non-hydrogen) atoms. The Bertz CT molecular complexity index is 498. The lowest BCUT2D eigenvalue weighted by Gasteiger charge is -2.19. The first kappa shape index (κ1) is 15.5. The van der Waals surface area contributed by atoms with Crippen LogP contribution in [0, 0.1) is 0 Å². The van der Waals surface area contributed by atoms with Gasteiger partial charge in [0.2, 0.25) is 5.91 Å². The minimum atomic E-state index is -0.164. The first-order valence-electron chi connectivity index (χ1n) is 6.60. The zero-order valence-electron chi connectivity index (χ0n) is 11.6. The average molecular weight is 315 g/mol. The van der Waals surface area contributed by atoms with Crippen molar-refractivity contribution in [2.75, 3.05) is 17.7 Å². The molecular formula is C14H19ClN2O2S. The lowest BCUT2D eigenvalue weighted by Crippen LogP contribution is -2.27. The fourth-order valence-corrected chi connectivity index (χ4v) is 3.50. The summed E-state index contributed by atoms with van der Waals surface area (Å²) in [6, 6.07) is 5.04. The molecule has 0 radical (unpaired) electrons. The maximum absolute atomic E-state index is 12.2. The van der Waals surface area contributed by atoms with Gasteiger partial charge in [0.05, 0.1) is 22.7 Å². The number of carbonyl (C=O) groups is 1. The van der Waals surface area contributed by atoms with Crippen molar-refractivity contribution in [1.29, 1.82) is 0 Å². The maximum atomic E-state index is 12.2. The molecule has 6 heteroatoms. The molecule has 1 aliphatic rings. The van der Waals surface area contributed by atoms with E-state index in [1.807, 2.05) is 13.8 Å². The van der Waals surface area contributed by atoms with Gasteiger partial charge in [0, 0.05) is 16.9 Å². The van der Waals surface area contributed by atoms with Crippen molar-refractivity contribution >= 4 is 40.6 Å². The van der Waals surface area contributed by atoms with Crippen molar-refractivity contribution in [2.24, 2.45) is 0 Å². The minimum Gasteiger partial charge on any atom is -0.397 e. The second kappa shape index (κ2) is 6.70. The van der Waals surface area contributed by atoms with Crippen LogP contribution < -0.4 is 11.1 Å². The van der Waals surface area contributed by atoms with E-state index in [1.165, 1.54) is 0 Å². The monoisotopic (exact) mass is 314 g/mol. The number of hydrogen-bond acceptors (Lipinski definition) is 4. The number of nitrogens with one attached hydrogen (secondary N) is 1. The van der Waals surface area contributed by atoms with Crippen molar-refractivity contribution in [1.82, 2.24) is 0 Å². The number of benzene rings is 1. The Labute approximate surface area is 128 Å². The fraction of sp³-hybridized carbons (Fsp3) is 0.500. The fourth-order valence-electron chi connectivity index (χ4n) is 2.09. The van der Waals surface area contributed by atoms with Crippen LogP contribution in [0.2, 0.25) is 5.02 Å². The van der Waals surface area contributed by atoms with Gasteiger partial charge in [-0.05, 0) is 38.5 Å². The Morgan fingerprint density at radius 1 is 1.60 bits per heavy atom. The van der Waals surface area contributed by atoms with Gasteiger partial charge < -0.3 is 15.8 Å². The molecule has 1 fully saturated rings. The highest BCUT2D eigenvalue weighted by atomic mass is 35.5. The smallest absolute Gasteiger partial charge is 0.237 e. The number of amides is 1. The van der Waals surface area contributed by atoms with Crippen LogP contribution >= 0.6 is 23.4 Å². The zero-order valence-corrected chi connectivity index (χ0v) is 13.1. The summed E-state index contributed by atoms with van der Waals surface area (Å²) in [7, 11) is 0. The van der Waals surface area contributed by atoms with Gasteiger partial charge in [-0.25, -0.2) is 0 Å².